The molecule has 2 aliphatic carbocycles. The maximum atomic E-state index is 6.21. The van der Waals surface area contributed by atoms with Crippen LogP contribution in [0.3, 0.4) is 0 Å². The first kappa shape index (κ1) is 11.4. The number of rotatable bonds is 3. The van der Waals surface area contributed by atoms with Gasteiger partial charge in [-0.05, 0) is 37.5 Å². The van der Waals surface area contributed by atoms with E-state index in [2.05, 4.69) is 9.88 Å². The van der Waals surface area contributed by atoms with Crippen molar-refractivity contribution in [2.45, 2.75) is 44.2 Å². The second-order valence-corrected chi connectivity index (χ2v) is 7.23. The number of aromatic nitrogens is 1. The number of hydrogen-bond donors (Lipinski definition) is 1. The first-order valence-corrected chi connectivity index (χ1v) is 8.09. The molecule has 0 radical (unpaired) electrons. The van der Waals surface area contributed by atoms with Crippen molar-refractivity contribution in [3.63, 3.8) is 0 Å². The van der Waals surface area contributed by atoms with E-state index >= 15 is 0 Å². The van der Waals surface area contributed by atoms with Gasteiger partial charge in [0.2, 0.25) is 0 Å². The van der Waals surface area contributed by atoms with Crippen LogP contribution in [0.15, 0.2) is 5.51 Å². The fourth-order valence-electron chi connectivity index (χ4n) is 3.82. The maximum absolute atomic E-state index is 6.21. The van der Waals surface area contributed by atoms with E-state index in [0.29, 0.717) is 6.04 Å². The largest absolute Gasteiger partial charge is 0.327 e. The van der Waals surface area contributed by atoms with Crippen LogP contribution in [0, 0.1) is 11.8 Å². The summed E-state index contributed by atoms with van der Waals surface area (Å²) in [5.74, 6) is 2.43. The molecule has 0 amide bonds. The van der Waals surface area contributed by atoms with Gasteiger partial charge in [-0.2, -0.15) is 0 Å². The van der Waals surface area contributed by atoms with E-state index in [0.717, 1.165) is 24.3 Å². The van der Waals surface area contributed by atoms with Gasteiger partial charge in [0, 0.05) is 36.5 Å². The van der Waals surface area contributed by atoms with Gasteiger partial charge in [-0.3, -0.25) is 4.90 Å². The van der Waals surface area contributed by atoms with Crippen molar-refractivity contribution in [1.29, 1.82) is 0 Å². The minimum absolute atomic E-state index is 0.462. The first-order chi connectivity index (χ1) is 8.81. The van der Waals surface area contributed by atoms with Crippen molar-refractivity contribution in [3.05, 3.63) is 16.1 Å². The molecule has 3 nitrogen and oxygen atoms in total. The molecule has 4 heteroatoms. The Labute approximate surface area is 112 Å². The lowest BCUT2D eigenvalue weighted by atomic mass is 9.98. The van der Waals surface area contributed by atoms with Gasteiger partial charge in [0.25, 0.3) is 0 Å². The number of hydrogen-bond acceptors (Lipinski definition) is 4. The minimum Gasteiger partial charge on any atom is -0.327 e. The van der Waals surface area contributed by atoms with Crippen LogP contribution in [0.25, 0.3) is 0 Å². The Morgan fingerprint density at radius 2 is 2.17 bits per heavy atom. The van der Waals surface area contributed by atoms with Crippen molar-refractivity contribution in [3.8, 4) is 0 Å². The smallest absolute Gasteiger partial charge is 0.0798 e. The minimum atomic E-state index is 0.462. The quantitative estimate of drug-likeness (QED) is 0.909. The Morgan fingerprint density at radius 3 is 2.94 bits per heavy atom. The molecule has 0 aromatic carbocycles. The Hall–Kier alpha value is -0.450. The van der Waals surface area contributed by atoms with E-state index in [-0.39, 0.29) is 0 Å². The predicted octanol–water partition coefficient (Wildman–Crippen LogP) is 2.19. The zero-order chi connectivity index (χ0) is 12.1. The van der Waals surface area contributed by atoms with E-state index < -0.39 is 0 Å². The summed E-state index contributed by atoms with van der Waals surface area (Å²) in [5, 5.41) is 0. The van der Waals surface area contributed by atoms with E-state index in [1.165, 1.54) is 49.3 Å². The molecular weight excluding hydrogens is 242 g/mol. The third-order valence-electron chi connectivity index (χ3n) is 4.99. The molecule has 2 heterocycles. The van der Waals surface area contributed by atoms with Crippen molar-refractivity contribution in [2.24, 2.45) is 17.6 Å². The van der Waals surface area contributed by atoms with Crippen LogP contribution in [0.4, 0.5) is 0 Å². The molecule has 3 atom stereocenters. The molecule has 2 saturated carbocycles. The number of fused-ring (bicyclic) bond motifs is 1. The van der Waals surface area contributed by atoms with Crippen LogP contribution in [0.5, 0.6) is 0 Å². The second kappa shape index (κ2) is 4.29. The fourth-order valence-corrected chi connectivity index (χ4v) is 4.71. The average molecular weight is 263 g/mol. The third-order valence-corrected chi connectivity index (χ3v) is 5.83. The fraction of sp³-hybridized carbons (Fsp3) is 0.786. The highest BCUT2D eigenvalue weighted by molar-refractivity contribution is 7.09. The molecule has 4 rings (SSSR count). The number of nitrogens with zero attached hydrogens (tertiary/aromatic N) is 2. The lowest BCUT2D eigenvalue weighted by Gasteiger charge is -2.18. The molecule has 1 saturated heterocycles. The zero-order valence-electron chi connectivity index (χ0n) is 10.7. The molecule has 1 aliphatic heterocycles. The van der Waals surface area contributed by atoms with Gasteiger partial charge >= 0.3 is 0 Å². The zero-order valence-corrected chi connectivity index (χ0v) is 11.5. The van der Waals surface area contributed by atoms with Gasteiger partial charge in [-0.15, -0.1) is 11.3 Å². The maximum Gasteiger partial charge on any atom is 0.0798 e. The van der Waals surface area contributed by atoms with Crippen LogP contribution < -0.4 is 5.73 Å². The van der Waals surface area contributed by atoms with Gasteiger partial charge in [0.05, 0.1) is 11.2 Å². The normalized spacial score (nSPS) is 36.2. The molecule has 2 N–H and O–H groups in total. The molecule has 1 aromatic heterocycles. The van der Waals surface area contributed by atoms with Crippen molar-refractivity contribution in [2.75, 3.05) is 13.1 Å². The van der Waals surface area contributed by atoms with Crippen molar-refractivity contribution >= 4 is 11.3 Å². The number of thiazole rings is 1. The molecule has 3 unspecified atom stereocenters. The number of nitrogens with two attached hydrogens (primary N) is 1. The Kier molecular flexibility index (Phi) is 2.71. The Bertz CT molecular complexity index is 440. The predicted molar refractivity (Wildman–Crippen MR) is 73.6 cm³/mol. The van der Waals surface area contributed by atoms with Crippen LogP contribution in [-0.4, -0.2) is 29.0 Å². The molecule has 18 heavy (non-hydrogen) atoms. The summed E-state index contributed by atoms with van der Waals surface area (Å²) in [6.45, 7) is 3.60. The summed E-state index contributed by atoms with van der Waals surface area (Å²) in [6.07, 6.45) is 5.30. The highest BCUT2D eigenvalue weighted by atomic mass is 32.1. The van der Waals surface area contributed by atoms with Crippen LogP contribution in [0.2, 0.25) is 0 Å². The molecule has 98 valence electrons. The average Bonchev–Trinajstić information content (AvgIpc) is 2.81. The molecule has 1 aromatic rings. The molecule has 3 aliphatic rings. The van der Waals surface area contributed by atoms with Crippen LogP contribution in [-0.2, 0) is 6.54 Å². The highest BCUT2D eigenvalue weighted by Gasteiger charge is 2.41. The summed E-state index contributed by atoms with van der Waals surface area (Å²) in [4.78, 5) is 8.71. The summed E-state index contributed by atoms with van der Waals surface area (Å²) in [7, 11) is 0. The van der Waals surface area contributed by atoms with Gasteiger partial charge in [-0.1, -0.05) is 0 Å². The summed E-state index contributed by atoms with van der Waals surface area (Å²) >= 11 is 1.85. The topological polar surface area (TPSA) is 42.1 Å². The van der Waals surface area contributed by atoms with Gasteiger partial charge in [0.15, 0.2) is 0 Å². The molecule has 3 fully saturated rings. The van der Waals surface area contributed by atoms with Crippen LogP contribution in [0.1, 0.15) is 42.2 Å². The third kappa shape index (κ3) is 1.91. The molecule has 0 bridgehead atoms. The molecule has 0 spiro atoms. The SMILES string of the molecule is NC1CCC2CN(Cc3scnc3C3CC3)CC12. The first-order valence-electron chi connectivity index (χ1n) is 7.21. The summed E-state index contributed by atoms with van der Waals surface area (Å²) < 4.78 is 0. The second-order valence-electron chi connectivity index (χ2n) is 6.29. The van der Waals surface area contributed by atoms with E-state index in [1.807, 2.05) is 16.8 Å². The summed E-state index contributed by atoms with van der Waals surface area (Å²) in [6, 6.07) is 0.462. The number of likely N-dealkylation sites (tertiary alicyclic amines) is 1. The lowest BCUT2D eigenvalue weighted by Crippen LogP contribution is -2.30. The molecular formula is C14H21N3S. The van der Waals surface area contributed by atoms with Crippen LogP contribution >= 0.6 is 11.3 Å². The van der Waals surface area contributed by atoms with E-state index in [9.17, 15) is 0 Å². The standard InChI is InChI=1S/C14H21N3S/c15-12-4-3-10-5-17(6-11(10)12)7-13-14(9-1-2-9)16-8-18-13/h8-12H,1-7,15H2. The van der Waals surface area contributed by atoms with Gasteiger partial charge < -0.3 is 5.73 Å². The highest BCUT2D eigenvalue weighted by Crippen LogP contribution is 2.43. The monoisotopic (exact) mass is 263 g/mol. The van der Waals surface area contributed by atoms with Crippen molar-refractivity contribution < 1.29 is 0 Å². The lowest BCUT2D eigenvalue weighted by molar-refractivity contribution is 0.299. The Morgan fingerprint density at radius 1 is 1.28 bits per heavy atom. The van der Waals surface area contributed by atoms with Crippen molar-refractivity contribution in [1.82, 2.24) is 9.88 Å². The summed E-state index contributed by atoms with van der Waals surface area (Å²) in [5.41, 5.74) is 9.64. The Balaban J connectivity index is 1.45. The van der Waals surface area contributed by atoms with E-state index in [4.69, 9.17) is 5.73 Å². The van der Waals surface area contributed by atoms with Gasteiger partial charge in [0.1, 0.15) is 0 Å². The van der Waals surface area contributed by atoms with E-state index in [1.54, 1.807) is 0 Å². The van der Waals surface area contributed by atoms with Gasteiger partial charge in [-0.25, -0.2) is 4.98 Å².